The number of carbonyl (C=O) groups is 1. The van der Waals surface area contributed by atoms with Gasteiger partial charge in [-0.25, -0.2) is 0 Å². The van der Waals surface area contributed by atoms with Crippen molar-refractivity contribution in [2.24, 2.45) is 0 Å². The maximum atomic E-state index is 12.1. The minimum Gasteiger partial charge on any atom is -0.322 e. The van der Waals surface area contributed by atoms with Crippen molar-refractivity contribution in [3.8, 4) is 0 Å². The Bertz CT molecular complexity index is 770. The monoisotopic (exact) mass is 337 g/mol. The Morgan fingerprint density at radius 1 is 1.12 bits per heavy atom. The molecule has 2 aromatic heterocycles. The van der Waals surface area contributed by atoms with Gasteiger partial charge in [-0.2, -0.15) is 0 Å². The third-order valence-corrected chi connectivity index (χ3v) is 4.79. The van der Waals surface area contributed by atoms with Crippen molar-refractivity contribution in [3.05, 3.63) is 82.3 Å². The van der Waals surface area contributed by atoms with Crippen molar-refractivity contribution in [3.63, 3.8) is 0 Å². The molecule has 1 aromatic carbocycles. The van der Waals surface area contributed by atoms with E-state index in [1.54, 1.807) is 35.9 Å². The standard InChI is InChI=1S/C19H19N3OS/c1-14(18-3-2-12-24-18)21-13-15-4-6-17(7-5-15)22-19(23)16-8-10-20-11-9-16/h2-12,14,21H,13H2,1H3,(H,22,23)/t14-/m1/s1. The topological polar surface area (TPSA) is 54.0 Å². The van der Waals surface area contributed by atoms with Crippen LogP contribution in [0.2, 0.25) is 0 Å². The quantitative estimate of drug-likeness (QED) is 0.707. The van der Waals surface area contributed by atoms with Crippen LogP contribution in [0.15, 0.2) is 66.3 Å². The van der Waals surface area contributed by atoms with Gasteiger partial charge in [0.05, 0.1) is 0 Å². The predicted molar refractivity (Wildman–Crippen MR) is 98.2 cm³/mol. The molecule has 122 valence electrons. The summed E-state index contributed by atoms with van der Waals surface area (Å²) in [5.74, 6) is -0.130. The molecular formula is C19H19N3OS. The zero-order valence-electron chi connectivity index (χ0n) is 13.4. The number of amides is 1. The molecule has 0 saturated carbocycles. The molecule has 24 heavy (non-hydrogen) atoms. The van der Waals surface area contributed by atoms with E-state index < -0.39 is 0 Å². The van der Waals surface area contributed by atoms with E-state index in [-0.39, 0.29) is 5.91 Å². The van der Waals surface area contributed by atoms with Crippen LogP contribution in [-0.2, 0) is 6.54 Å². The molecule has 0 aliphatic rings. The van der Waals surface area contributed by atoms with Crippen molar-refractivity contribution in [2.75, 3.05) is 5.32 Å². The molecule has 4 nitrogen and oxygen atoms in total. The summed E-state index contributed by atoms with van der Waals surface area (Å²) in [6.07, 6.45) is 3.22. The molecule has 0 fully saturated rings. The van der Waals surface area contributed by atoms with Crippen LogP contribution in [0.3, 0.4) is 0 Å². The Kier molecular flexibility index (Phi) is 5.36. The average Bonchev–Trinajstić information content (AvgIpc) is 3.16. The van der Waals surface area contributed by atoms with E-state index in [9.17, 15) is 4.79 Å². The summed E-state index contributed by atoms with van der Waals surface area (Å²) in [7, 11) is 0. The maximum Gasteiger partial charge on any atom is 0.255 e. The highest BCUT2D eigenvalue weighted by Crippen LogP contribution is 2.19. The van der Waals surface area contributed by atoms with Crippen molar-refractivity contribution in [2.45, 2.75) is 19.5 Å². The van der Waals surface area contributed by atoms with Gasteiger partial charge in [-0.05, 0) is 48.2 Å². The van der Waals surface area contributed by atoms with E-state index in [4.69, 9.17) is 0 Å². The number of benzene rings is 1. The summed E-state index contributed by atoms with van der Waals surface area (Å²) in [6.45, 7) is 2.95. The lowest BCUT2D eigenvalue weighted by molar-refractivity contribution is 0.102. The van der Waals surface area contributed by atoms with Crippen LogP contribution in [-0.4, -0.2) is 10.9 Å². The zero-order valence-corrected chi connectivity index (χ0v) is 14.2. The van der Waals surface area contributed by atoms with Crippen molar-refractivity contribution >= 4 is 22.9 Å². The molecule has 0 aliphatic carbocycles. The number of hydrogen-bond acceptors (Lipinski definition) is 4. The summed E-state index contributed by atoms with van der Waals surface area (Å²) < 4.78 is 0. The van der Waals surface area contributed by atoms with Gasteiger partial charge in [-0.3, -0.25) is 9.78 Å². The first-order valence-corrected chi connectivity index (χ1v) is 8.67. The van der Waals surface area contributed by atoms with Crippen LogP contribution >= 0.6 is 11.3 Å². The first kappa shape index (κ1) is 16.4. The van der Waals surface area contributed by atoms with Gasteiger partial charge in [-0.15, -0.1) is 11.3 Å². The molecule has 0 radical (unpaired) electrons. The second kappa shape index (κ2) is 7.86. The first-order chi connectivity index (χ1) is 11.7. The molecule has 1 amide bonds. The average molecular weight is 337 g/mol. The number of hydrogen-bond donors (Lipinski definition) is 2. The molecule has 3 aromatic rings. The van der Waals surface area contributed by atoms with Gasteiger partial charge in [0.25, 0.3) is 5.91 Å². The molecule has 0 bridgehead atoms. The van der Waals surface area contributed by atoms with Crippen LogP contribution in [0.4, 0.5) is 5.69 Å². The third-order valence-electron chi connectivity index (χ3n) is 3.74. The normalized spacial score (nSPS) is 11.9. The number of nitrogens with zero attached hydrogens (tertiary/aromatic N) is 1. The maximum absolute atomic E-state index is 12.1. The fourth-order valence-electron chi connectivity index (χ4n) is 2.32. The third kappa shape index (κ3) is 4.28. The second-order valence-electron chi connectivity index (χ2n) is 5.50. The molecule has 0 unspecified atom stereocenters. The highest BCUT2D eigenvalue weighted by molar-refractivity contribution is 7.10. The van der Waals surface area contributed by atoms with E-state index in [1.807, 2.05) is 24.3 Å². The van der Waals surface area contributed by atoms with Gasteiger partial charge in [0, 0.05) is 41.1 Å². The lowest BCUT2D eigenvalue weighted by Gasteiger charge is -2.12. The van der Waals surface area contributed by atoms with Gasteiger partial charge >= 0.3 is 0 Å². The summed E-state index contributed by atoms with van der Waals surface area (Å²) in [6, 6.07) is 15.8. The van der Waals surface area contributed by atoms with Crippen LogP contribution in [0, 0.1) is 0 Å². The highest BCUT2D eigenvalue weighted by atomic mass is 32.1. The number of rotatable bonds is 6. The van der Waals surface area contributed by atoms with Crippen molar-refractivity contribution < 1.29 is 4.79 Å². The highest BCUT2D eigenvalue weighted by Gasteiger charge is 2.07. The zero-order chi connectivity index (χ0) is 16.8. The van der Waals surface area contributed by atoms with E-state index in [1.165, 1.54) is 10.4 Å². The van der Waals surface area contributed by atoms with Crippen LogP contribution in [0.25, 0.3) is 0 Å². The lowest BCUT2D eigenvalue weighted by Crippen LogP contribution is -2.17. The largest absolute Gasteiger partial charge is 0.322 e. The summed E-state index contributed by atoms with van der Waals surface area (Å²) in [5.41, 5.74) is 2.56. The van der Waals surface area contributed by atoms with Crippen molar-refractivity contribution in [1.29, 1.82) is 0 Å². The smallest absolute Gasteiger partial charge is 0.255 e. The number of aromatic nitrogens is 1. The van der Waals surface area contributed by atoms with Crippen LogP contribution in [0.1, 0.15) is 33.8 Å². The predicted octanol–water partition coefficient (Wildman–Crippen LogP) is 4.25. The number of thiophene rings is 1. The van der Waals surface area contributed by atoms with Gasteiger partial charge in [0.2, 0.25) is 0 Å². The molecule has 2 heterocycles. The van der Waals surface area contributed by atoms with Crippen molar-refractivity contribution in [1.82, 2.24) is 10.3 Å². The molecular weight excluding hydrogens is 318 g/mol. The number of pyridine rings is 1. The molecule has 0 spiro atoms. The second-order valence-corrected chi connectivity index (χ2v) is 6.48. The number of nitrogens with one attached hydrogen (secondary N) is 2. The molecule has 0 aliphatic heterocycles. The molecule has 3 rings (SSSR count). The fourth-order valence-corrected chi connectivity index (χ4v) is 3.08. The number of carbonyl (C=O) groups excluding carboxylic acids is 1. The van der Waals surface area contributed by atoms with E-state index >= 15 is 0 Å². The van der Waals surface area contributed by atoms with Crippen LogP contribution < -0.4 is 10.6 Å². The Hall–Kier alpha value is -2.50. The molecule has 1 atom stereocenters. The SMILES string of the molecule is C[C@@H](NCc1ccc(NC(=O)c2ccncc2)cc1)c1cccs1. The first-order valence-electron chi connectivity index (χ1n) is 7.79. The lowest BCUT2D eigenvalue weighted by atomic mass is 10.1. The van der Waals surface area contributed by atoms with Gasteiger partial charge in [-0.1, -0.05) is 18.2 Å². The molecule has 2 N–H and O–H groups in total. The van der Waals surface area contributed by atoms with Gasteiger partial charge in [0.15, 0.2) is 0 Å². The Morgan fingerprint density at radius 2 is 1.88 bits per heavy atom. The van der Waals surface area contributed by atoms with E-state index in [0.29, 0.717) is 11.6 Å². The Balaban J connectivity index is 1.54. The Morgan fingerprint density at radius 3 is 2.54 bits per heavy atom. The van der Waals surface area contributed by atoms with E-state index in [0.717, 1.165) is 12.2 Å². The minimum absolute atomic E-state index is 0.130. The summed E-state index contributed by atoms with van der Waals surface area (Å²) in [4.78, 5) is 17.3. The Labute approximate surface area is 145 Å². The van der Waals surface area contributed by atoms with E-state index in [2.05, 4.69) is 40.1 Å². The fraction of sp³-hybridized carbons (Fsp3) is 0.158. The molecule has 5 heteroatoms. The van der Waals surface area contributed by atoms with Crippen LogP contribution in [0.5, 0.6) is 0 Å². The minimum atomic E-state index is -0.130. The summed E-state index contributed by atoms with van der Waals surface area (Å²) in [5, 5.41) is 8.48. The number of anilines is 1. The molecule has 0 saturated heterocycles. The van der Waals surface area contributed by atoms with Gasteiger partial charge < -0.3 is 10.6 Å². The van der Waals surface area contributed by atoms with Gasteiger partial charge in [0.1, 0.15) is 0 Å². The summed E-state index contributed by atoms with van der Waals surface area (Å²) >= 11 is 1.76.